The Morgan fingerprint density at radius 3 is 2.44 bits per heavy atom. The molecule has 1 N–H and O–H groups in total. The lowest BCUT2D eigenvalue weighted by molar-refractivity contribution is -0.0405. The van der Waals surface area contributed by atoms with E-state index in [2.05, 4.69) is 13.8 Å². The van der Waals surface area contributed by atoms with Crippen molar-refractivity contribution >= 4 is 7.60 Å². The molecule has 0 aliphatic carbocycles. The van der Waals surface area contributed by atoms with Crippen LogP contribution in [0.15, 0.2) is 0 Å². The largest absolute Gasteiger partial charge is 0.382 e. The highest BCUT2D eigenvalue weighted by Crippen LogP contribution is 2.50. The van der Waals surface area contributed by atoms with Gasteiger partial charge < -0.3 is 18.9 Å². The molecule has 0 spiro atoms. The third kappa shape index (κ3) is 4.04. The van der Waals surface area contributed by atoms with Gasteiger partial charge in [-0.3, -0.25) is 4.57 Å². The van der Waals surface area contributed by atoms with E-state index in [0.717, 1.165) is 0 Å². The molecule has 0 saturated carbocycles. The zero-order valence-electron chi connectivity index (χ0n) is 11.8. The van der Waals surface area contributed by atoms with Gasteiger partial charge in [-0.05, 0) is 5.92 Å². The van der Waals surface area contributed by atoms with Crippen molar-refractivity contribution < 1.29 is 23.5 Å². The second-order valence-corrected chi connectivity index (χ2v) is 7.82. The summed E-state index contributed by atoms with van der Waals surface area (Å²) in [5, 5.41) is 0. The zero-order chi connectivity index (χ0) is 13.9. The quantitative estimate of drug-likeness (QED) is 0.757. The van der Waals surface area contributed by atoms with Crippen LogP contribution in [0, 0.1) is 5.92 Å². The molecule has 1 heterocycles. The summed E-state index contributed by atoms with van der Waals surface area (Å²) in [6.07, 6.45) is 0.0719. The van der Waals surface area contributed by atoms with E-state index in [1.807, 2.05) is 0 Å². The molecule has 1 saturated heterocycles. The standard InChI is InChI=1S/C12H25O5P/c1-8(2)10-6-11(12(16-10)7-15-5)17-18(13,14)9(3)4/h8-12H,6-7H2,1-5H3,(H,13,14)/t10-,11?,12-/m1/s1. The second-order valence-electron chi connectivity index (χ2n) is 5.45. The number of methoxy groups -OCH3 is 1. The monoisotopic (exact) mass is 280 g/mol. The predicted molar refractivity (Wildman–Crippen MR) is 69.8 cm³/mol. The lowest BCUT2D eigenvalue weighted by atomic mass is 10.0. The minimum absolute atomic E-state index is 0.0577. The van der Waals surface area contributed by atoms with Crippen molar-refractivity contribution in [2.75, 3.05) is 13.7 Å². The SMILES string of the molecule is COC[C@H]1O[C@@H](C(C)C)CC1OP(=O)(O)C(C)C. The summed E-state index contributed by atoms with van der Waals surface area (Å²) in [6, 6.07) is 0. The van der Waals surface area contributed by atoms with Gasteiger partial charge in [-0.25, -0.2) is 0 Å². The van der Waals surface area contributed by atoms with Gasteiger partial charge in [0, 0.05) is 13.5 Å². The Labute approximate surface area is 109 Å². The zero-order valence-corrected chi connectivity index (χ0v) is 12.7. The lowest BCUT2D eigenvalue weighted by Gasteiger charge is -2.23. The highest BCUT2D eigenvalue weighted by atomic mass is 31.2. The first kappa shape index (κ1) is 16.1. The van der Waals surface area contributed by atoms with Crippen molar-refractivity contribution in [2.24, 2.45) is 5.92 Å². The van der Waals surface area contributed by atoms with Gasteiger partial charge in [-0.15, -0.1) is 0 Å². The van der Waals surface area contributed by atoms with Crippen LogP contribution in [0.2, 0.25) is 0 Å². The molecule has 0 bridgehead atoms. The minimum atomic E-state index is -3.57. The molecule has 1 aliphatic rings. The molecule has 0 aromatic rings. The van der Waals surface area contributed by atoms with Crippen molar-refractivity contribution in [3.63, 3.8) is 0 Å². The molecule has 5 nitrogen and oxygen atoms in total. The molecule has 0 aromatic carbocycles. The van der Waals surface area contributed by atoms with Gasteiger partial charge in [0.25, 0.3) is 0 Å². The van der Waals surface area contributed by atoms with E-state index in [9.17, 15) is 9.46 Å². The molecule has 1 rings (SSSR count). The van der Waals surface area contributed by atoms with E-state index < -0.39 is 13.3 Å². The maximum Gasteiger partial charge on any atom is 0.330 e. The van der Waals surface area contributed by atoms with Crippen LogP contribution in [0.3, 0.4) is 0 Å². The topological polar surface area (TPSA) is 65.0 Å². The summed E-state index contributed by atoms with van der Waals surface area (Å²) in [7, 11) is -1.98. The first-order chi connectivity index (χ1) is 8.27. The van der Waals surface area contributed by atoms with Gasteiger partial charge in [0.1, 0.15) is 6.10 Å². The van der Waals surface area contributed by atoms with E-state index in [0.29, 0.717) is 18.9 Å². The Balaban J connectivity index is 2.70. The van der Waals surface area contributed by atoms with Crippen molar-refractivity contribution in [1.29, 1.82) is 0 Å². The third-order valence-corrected chi connectivity index (χ3v) is 5.12. The smallest absolute Gasteiger partial charge is 0.330 e. The van der Waals surface area contributed by atoms with Crippen LogP contribution in [-0.2, 0) is 18.6 Å². The van der Waals surface area contributed by atoms with E-state index >= 15 is 0 Å². The average molecular weight is 280 g/mol. The molecule has 6 heteroatoms. The summed E-state index contributed by atoms with van der Waals surface area (Å²) in [4.78, 5) is 9.80. The maximum absolute atomic E-state index is 11.9. The Hall–Kier alpha value is 0.0700. The van der Waals surface area contributed by atoms with Crippen LogP contribution >= 0.6 is 7.60 Å². The van der Waals surface area contributed by atoms with Gasteiger partial charge in [0.2, 0.25) is 0 Å². The molecule has 108 valence electrons. The fourth-order valence-electron chi connectivity index (χ4n) is 1.92. The Kier molecular flexibility index (Phi) is 5.81. The van der Waals surface area contributed by atoms with E-state index in [1.54, 1.807) is 21.0 Å². The van der Waals surface area contributed by atoms with Gasteiger partial charge in [0.15, 0.2) is 0 Å². The van der Waals surface area contributed by atoms with Crippen LogP contribution in [0.5, 0.6) is 0 Å². The van der Waals surface area contributed by atoms with Crippen LogP contribution in [0.1, 0.15) is 34.1 Å². The Morgan fingerprint density at radius 1 is 1.39 bits per heavy atom. The predicted octanol–water partition coefficient (Wildman–Crippen LogP) is 2.43. The van der Waals surface area contributed by atoms with Crippen molar-refractivity contribution in [1.82, 2.24) is 0 Å². The highest BCUT2D eigenvalue weighted by Gasteiger charge is 2.41. The second kappa shape index (κ2) is 6.49. The molecule has 0 radical (unpaired) electrons. The molecular formula is C12H25O5P. The van der Waals surface area contributed by atoms with Gasteiger partial charge >= 0.3 is 7.60 Å². The molecular weight excluding hydrogens is 255 g/mol. The van der Waals surface area contributed by atoms with Crippen LogP contribution in [-0.4, -0.2) is 42.6 Å². The average Bonchev–Trinajstić information content (AvgIpc) is 2.61. The van der Waals surface area contributed by atoms with Crippen molar-refractivity contribution in [3.05, 3.63) is 0 Å². The van der Waals surface area contributed by atoms with Crippen molar-refractivity contribution in [2.45, 2.75) is 58.1 Å². The van der Waals surface area contributed by atoms with E-state index in [4.69, 9.17) is 14.0 Å². The summed E-state index contributed by atoms with van der Waals surface area (Å²) < 4.78 is 28.2. The van der Waals surface area contributed by atoms with Gasteiger partial charge in [-0.2, -0.15) is 0 Å². The molecule has 2 unspecified atom stereocenters. The summed E-state index contributed by atoms with van der Waals surface area (Å²) >= 11 is 0. The molecule has 1 aliphatic heterocycles. The first-order valence-corrected chi connectivity index (χ1v) is 8.07. The van der Waals surface area contributed by atoms with Gasteiger partial charge in [0.05, 0.1) is 24.5 Å². The molecule has 4 atom stereocenters. The van der Waals surface area contributed by atoms with Gasteiger partial charge in [-0.1, -0.05) is 27.7 Å². The third-order valence-electron chi connectivity index (χ3n) is 3.24. The number of ether oxygens (including phenoxy) is 2. The van der Waals surface area contributed by atoms with Crippen LogP contribution in [0.4, 0.5) is 0 Å². The Morgan fingerprint density at radius 2 is 2.00 bits per heavy atom. The summed E-state index contributed by atoms with van der Waals surface area (Å²) in [5.41, 5.74) is -0.404. The first-order valence-electron chi connectivity index (χ1n) is 6.43. The number of hydrogen-bond acceptors (Lipinski definition) is 4. The number of hydrogen-bond donors (Lipinski definition) is 1. The van der Waals surface area contributed by atoms with Crippen molar-refractivity contribution in [3.8, 4) is 0 Å². The van der Waals surface area contributed by atoms with Crippen LogP contribution < -0.4 is 0 Å². The lowest BCUT2D eigenvalue weighted by Crippen LogP contribution is -2.28. The molecule has 18 heavy (non-hydrogen) atoms. The van der Waals surface area contributed by atoms with E-state index in [-0.39, 0.29) is 18.3 Å². The summed E-state index contributed by atoms with van der Waals surface area (Å²) in [5.74, 6) is 0.357. The highest BCUT2D eigenvalue weighted by molar-refractivity contribution is 7.53. The fourth-order valence-corrected chi connectivity index (χ4v) is 2.77. The Bertz CT molecular complexity index is 305. The fraction of sp³-hybridized carbons (Fsp3) is 1.00. The van der Waals surface area contributed by atoms with Crippen LogP contribution in [0.25, 0.3) is 0 Å². The number of rotatable bonds is 6. The minimum Gasteiger partial charge on any atom is -0.382 e. The maximum atomic E-state index is 11.9. The molecule has 0 aromatic heterocycles. The molecule has 0 amide bonds. The molecule has 1 fully saturated rings. The normalized spacial score (nSPS) is 32.1. The summed E-state index contributed by atoms with van der Waals surface area (Å²) in [6.45, 7) is 7.88. The van der Waals surface area contributed by atoms with E-state index in [1.165, 1.54) is 0 Å².